The van der Waals surface area contributed by atoms with E-state index in [4.69, 9.17) is 22.1 Å². The first kappa shape index (κ1) is 86.3. The summed E-state index contributed by atoms with van der Waals surface area (Å²) in [6, 6.07) is 98.7. The molecule has 0 amide bonds. The normalized spacial score (nSPS) is 16.9. The molecule has 0 N–H and O–H groups in total. The average molecular weight is 1760 g/mol. The Balaban J connectivity index is 0.000000104. The molecule has 14 aromatic carbocycles. The largest absolute Gasteiger partial charge is 0.454 e. The van der Waals surface area contributed by atoms with E-state index in [9.17, 15) is 0 Å². The molecule has 0 radical (unpaired) electrons. The molecule has 0 aliphatic carbocycles. The van der Waals surface area contributed by atoms with Gasteiger partial charge in [-0.2, -0.15) is 0 Å². The number of aryl methyl sites for hydroxylation is 5. The van der Waals surface area contributed by atoms with Crippen molar-refractivity contribution in [1.29, 1.82) is 0 Å². The lowest BCUT2D eigenvalue weighted by atomic mass is 9.92. The molecule has 670 valence electrons. The maximum atomic E-state index is 6.40. The van der Waals surface area contributed by atoms with Crippen LogP contribution in [0.15, 0.2) is 338 Å². The molecular weight excluding hydrogens is 1640 g/mol. The van der Waals surface area contributed by atoms with Gasteiger partial charge < -0.3 is 71.1 Å². The zero-order chi connectivity index (χ0) is 92.2. The predicted molar refractivity (Wildman–Crippen MR) is 561 cm³/mol. The number of anilines is 11. The monoisotopic (exact) mass is 1750 g/mol. The van der Waals surface area contributed by atoms with E-state index < -0.39 is 0 Å². The standard InChI is InChI=1S/C29H32N2O.C24H24N2O.C23H20N2O.C22H20N2O.C20H22N2O/c1-18(2)22-11-9-12-23(19(3)4)28(22)31-17-16-30(21(31)6)27-20(5)14-15-25-24-10-7-8-13-26(24)32-29(25)27;1-15(2)25-17(4)26(21-11-7-6-10-20(21)25)23-16(3)13-14-19-18-9-5-8-12-22(18)27-24(19)23;1-16-12-13-20-19-10-6-7-11-21(19)26-23(20)22(16)25-15-14-24(17(25)2)18-8-4-3-5-9-18;1-14-12-13-17-16-8-4-7-11-20(16)25-22(17)21(14)24-15(2)23(3)18-9-5-6-10-19(18)24;1-13(2)21-11-12-22(15(21)4)19-14(3)9-10-17-16-7-5-6-8-18(16)23-20(17)19/h7-19,21H,1-6H3;5-15,17H,1-4H3;3-15,17H,1-2H3;4-13,15H,1-3H3;5-13,15H,1-4H3. The summed E-state index contributed by atoms with van der Waals surface area (Å²) in [4.78, 5) is 23.7. The van der Waals surface area contributed by atoms with Crippen LogP contribution in [0.2, 0.25) is 0 Å². The molecule has 5 unspecified atom stereocenters. The number of hydrogen-bond donors (Lipinski definition) is 0. The van der Waals surface area contributed by atoms with Crippen LogP contribution < -0.4 is 44.1 Å². The first-order valence-corrected chi connectivity index (χ1v) is 47.2. The van der Waals surface area contributed by atoms with Gasteiger partial charge >= 0.3 is 0 Å². The van der Waals surface area contributed by atoms with E-state index in [0.717, 1.165) is 72.9 Å². The van der Waals surface area contributed by atoms with Crippen LogP contribution in [0.4, 0.5) is 62.6 Å². The maximum absolute atomic E-state index is 6.40. The highest BCUT2D eigenvalue weighted by atomic mass is 16.3. The van der Waals surface area contributed by atoms with E-state index in [0.29, 0.717) is 23.9 Å². The van der Waals surface area contributed by atoms with Crippen LogP contribution in [-0.4, -0.2) is 54.9 Å². The molecule has 0 spiro atoms. The SMILES string of the molecule is Cc1ccc2c(oc3ccccc32)c1N1C=CN(C(C)C)C1C.Cc1ccc2c(oc3ccccc32)c1N1C=CN(c2c(C(C)C)cccc2C(C)C)C1C.Cc1ccc2c(oc3ccccc32)c1N1C=CN(c2ccccc2)C1C.Cc1ccc2c(oc3ccccc32)c1N1c2ccccc2N(C(C)C)C1C.Cc1ccc2c(oc3ccccc32)c1N1c2ccccc2N(C)C1C. The van der Waals surface area contributed by atoms with Crippen LogP contribution in [0, 0.1) is 34.6 Å². The highest BCUT2D eigenvalue weighted by molar-refractivity contribution is 6.15. The topological polar surface area (TPSA) is 98.1 Å². The van der Waals surface area contributed by atoms with Gasteiger partial charge in [0.25, 0.3) is 0 Å². The van der Waals surface area contributed by atoms with E-state index in [1.807, 2.05) is 54.6 Å². The number of fused-ring (bicyclic) bond motifs is 17. The van der Waals surface area contributed by atoms with E-state index in [1.165, 1.54) is 138 Å². The van der Waals surface area contributed by atoms with Gasteiger partial charge in [0.15, 0.2) is 27.9 Å². The summed E-state index contributed by atoms with van der Waals surface area (Å²) in [5.74, 6) is 0.915. The molecule has 0 bridgehead atoms. The Bertz CT molecular complexity index is 7700. The Morgan fingerprint density at radius 3 is 0.895 bits per heavy atom. The molecule has 24 rings (SSSR count). The van der Waals surface area contributed by atoms with Crippen molar-refractivity contribution in [2.75, 3.05) is 51.1 Å². The first-order valence-electron chi connectivity index (χ1n) is 47.2. The van der Waals surface area contributed by atoms with Gasteiger partial charge in [0.2, 0.25) is 0 Å². The molecule has 19 aromatic rings. The molecule has 0 saturated carbocycles. The van der Waals surface area contributed by atoms with Crippen molar-refractivity contribution in [3.63, 3.8) is 0 Å². The fraction of sp³-hybridized carbons (Fsp3) is 0.237. The molecular formula is C118H118N10O5. The molecule has 133 heavy (non-hydrogen) atoms. The molecule has 0 fully saturated rings. The van der Waals surface area contributed by atoms with E-state index in [2.05, 4.69) is 442 Å². The summed E-state index contributed by atoms with van der Waals surface area (Å²) in [6.45, 7) is 40.1. The third-order valence-corrected chi connectivity index (χ3v) is 27.9. The van der Waals surface area contributed by atoms with Crippen LogP contribution in [0.1, 0.15) is 141 Å². The summed E-state index contributed by atoms with van der Waals surface area (Å²) < 4.78 is 31.6. The van der Waals surface area contributed by atoms with Crippen molar-refractivity contribution in [2.45, 2.75) is 179 Å². The number of benzene rings is 14. The zero-order valence-corrected chi connectivity index (χ0v) is 79.7. The number of hydrogen-bond acceptors (Lipinski definition) is 15. The molecule has 5 aliphatic rings. The highest BCUT2D eigenvalue weighted by Crippen LogP contribution is 2.53. The lowest BCUT2D eigenvalue weighted by Gasteiger charge is -2.34. The van der Waals surface area contributed by atoms with Gasteiger partial charge in [-0.25, -0.2) is 0 Å². The second-order valence-corrected chi connectivity index (χ2v) is 37.4. The van der Waals surface area contributed by atoms with Crippen LogP contribution in [-0.2, 0) is 0 Å². The quantitative estimate of drug-likeness (QED) is 0.123. The van der Waals surface area contributed by atoms with E-state index in [-0.39, 0.29) is 30.8 Å². The van der Waals surface area contributed by atoms with Gasteiger partial charge in [-0.3, -0.25) is 0 Å². The van der Waals surface area contributed by atoms with Gasteiger partial charge in [0.1, 0.15) is 58.7 Å². The molecule has 0 saturated heterocycles. The van der Waals surface area contributed by atoms with Crippen molar-refractivity contribution in [2.24, 2.45) is 0 Å². The third kappa shape index (κ3) is 14.8. The number of para-hydroxylation sites is 11. The van der Waals surface area contributed by atoms with Crippen LogP contribution in [0.5, 0.6) is 0 Å². The summed E-state index contributed by atoms with van der Waals surface area (Å²) in [6.07, 6.45) is 14.1. The Morgan fingerprint density at radius 2 is 0.526 bits per heavy atom. The first-order chi connectivity index (χ1) is 64.4. The van der Waals surface area contributed by atoms with Gasteiger partial charge in [0, 0.05) is 122 Å². The smallest absolute Gasteiger partial charge is 0.159 e. The van der Waals surface area contributed by atoms with Crippen molar-refractivity contribution < 1.29 is 22.1 Å². The van der Waals surface area contributed by atoms with Gasteiger partial charge in [-0.1, -0.05) is 240 Å². The minimum atomic E-state index is 0.143. The van der Waals surface area contributed by atoms with Crippen molar-refractivity contribution in [3.8, 4) is 0 Å². The Hall–Kier alpha value is -14.7. The molecule has 10 heterocycles. The summed E-state index contributed by atoms with van der Waals surface area (Å²) in [5, 5.41) is 11.7. The second-order valence-electron chi connectivity index (χ2n) is 37.4. The van der Waals surface area contributed by atoms with E-state index >= 15 is 0 Å². The fourth-order valence-electron chi connectivity index (χ4n) is 21.2. The molecule has 5 aromatic heterocycles. The van der Waals surface area contributed by atoms with Crippen LogP contribution >= 0.6 is 0 Å². The number of rotatable bonds is 11. The number of furan rings is 5. The van der Waals surface area contributed by atoms with Gasteiger partial charge in [0.05, 0.1) is 51.2 Å². The minimum absolute atomic E-state index is 0.143. The van der Waals surface area contributed by atoms with Crippen molar-refractivity contribution in [1.82, 2.24) is 4.90 Å². The average Bonchev–Trinajstić information content (AvgIpc) is 1.58. The van der Waals surface area contributed by atoms with Crippen molar-refractivity contribution in [3.05, 3.63) is 355 Å². The third-order valence-electron chi connectivity index (χ3n) is 27.9. The zero-order valence-electron chi connectivity index (χ0n) is 79.7. The fourth-order valence-corrected chi connectivity index (χ4v) is 21.2. The summed E-state index contributed by atoms with van der Waals surface area (Å²) in [7, 11) is 2.15. The molecule has 15 nitrogen and oxygen atoms in total. The predicted octanol–water partition coefficient (Wildman–Crippen LogP) is 32.0. The Morgan fingerprint density at radius 1 is 0.233 bits per heavy atom. The lowest BCUT2D eigenvalue weighted by Crippen LogP contribution is -2.42. The van der Waals surface area contributed by atoms with Crippen LogP contribution in [0.3, 0.4) is 0 Å². The number of nitrogens with zero attached hydrogens (tertiary/aromatic N) is 10. The van der Waals surface area contributed by atoms with Gasteiger partial charge in [-0.15, -0.1) is 0 Å². The molecule has 5 aliphatic heterocycles. The van der Waals surface area contributed by atoms with E-state index in [1.54, 1.807) is 0 Å². The van der Waals surface area contributed by atoms with Crippen molar-refractivity contribution >= 4 is 172 Å². The molecule has 15 heteroatoms. The second kappa shape index (κ2) is 34.9. The Labute approximate surface area is 780 Å². The van der Waals surface area contributed by atoms with Crippen LogP contribution in [0.25, 0.3) is 110 Å². The Kier molecular flexibility index (Phi) is 22.6. The maximum Gasteiger partial charge on any atom is 0.159 e. The molecule has 5 atom stereocenters. The summed E-state index contributed by atoms with van der Waals surface area (Å²) >= 11 is 0. The minimum Gasteiger partial charge on any atom is -0.454 e. The van der Waals surface area contributed by atoms with Gasteiger partial charge in [-0.05, 0) is 214 Å². The highest BCUT2D eigenvalue weighted by Gasteiger charge is 2.40. The lowest BCUT2D eigenvalue weighted by molar-refractivity contribution is 0.263. The summed E-state index contributed by atoms with van der Waals surface area (Å²) in [5.41, 5.74) is 31.8.